The fourth-order valence-electron chi connectivity index (χ4n) is 3.66. The summed E-state index contributed by atoms with van der Waals surface area (Å²) in [6.45, 7) is 3.50. The number of carbonyl (C=O) groups is 5. The molecule has 3 amide bonds. The van der Waals surface area contributed by atoms with Crippen molar-refractivity contribution in [2.75, 3.05) is 0 Å². The van der Waals surface area contributed by atoms with Gasteiger partial charge in [-0.1, -0.05) is 50.6 Å². The molecule has 206 valence electrons. The van der Waals surface area contributed by atoms with Gasteiger partial charge in [0, 0.05) is 24.7 Å². The zero-order valence-electron chi connectivity index (χ0n) is 21.2. The first-order chi connectivity index (χ1) is 18.0. The van der Waals surface area contributed by atoms with E-state index < -0.39 is 66.2 Å². The molecule has 1 aromatic heterocycles. The summed E-state index contributed by atoms with van der Waals surface area (Å²) in [6, 6.07) is 3.51. The molecule has 0 saturated carbocycles. The standard InChI is InChI=1S/C25H34N6O7/c1-3-14(2)21(31-22(34)17(26)10-16-12-27-13-28-16)24(36)29-18(11-20(32)33)23(35)30-19(25(37)38)9-15-7-5-4-6-8-15/h4-8,12-14,17-19,21H,3,9-11,26H2,1-2H3,(H,27,28)(H,29,36)(H,30,35)(H,31,34)(H,32,33)(H,37,38). The lowest BCUT2D eigenvalue weighted by Gasteiger charge is -2.27. The molecule has 5 atom stereocenters. The molecule has 0 aliphatic rings. The Morgan fingerprint density at radius 2 is 1.61 bits per heavy atom. The molecule has 2 rings (SSSR count). The van der Waals surface area contributed by atoms with Gasteiger partial charge < -0.3 is 36.9 Å². The fourth-order valence-corrected chi connectivity index (χ4v) is 3.66. The summed E-state index contributed by atoms with van der Waals surface area (Å²) in [7, 11) is 0. The predicted octanol–water partition coefficient (Wildman–Crippen LogP) is -0.418. The molecule has 13 heteroatoms. The minimum Gasteiger partial charge on any atom is -0.481 e. The van der Waals surface area contributed by atoms with Crippen molar-refractivity contribution in [2.24, 2.45) is 11.7 Å². The molecule has 38 heavy (non-hydrogen) atoms. The molecule has 0 bridgehead atoms. The van der Waals surface area contributed by atoms with E-state index in [1.165, 1.54) is 12.5 Å². The maximum atomic E-state index is 13.2. The number of aliphatic carboxylic acids is 2. The van der Waals surface area contributed by atoms with E-state index >= 15 is 0 Å². The number of carboxylic acid groups (broad SMARTS) is 2. The van der Waals surface area contributed by atoms with Gasteiger partial charge in [0.2, 0.25) is 17.7 Å². The third-order valence-corrected chi connectivity index (χ3v) is 6.03. The molecule has 0 saturated heterocycles. The average molecular weight is 531 g/mol. The number of hydrogen-bond acceptors (Lipinski definition) is 7. The van der Waals surface area contributed by atoms with Gasteiger partial charge in [0.05, 0.1) is 18.8 Å². The molecular weight excluding hydrogens is 496 g/mol. The zero-order chi connectivity index (χ0) is 28.2. The average Bonchev–Trinajstić information content (AvgIpc) is 3.39. The van der Waals surface area contributed by atoms with Gasteiger partial charge in [-0.05, 0) is 11.5 Å². The number of hydrogen-bond donors (Lipinski definition) is 7. The van der Waals surface area contributed by atoms with Gasteiger partial charge in [0.25, 0.3) is 0 Å². The van der Waals surface area contributed by atoms with Crippen LogP contribution in [0.4, 0.5) is 0 Å². The van der Waals surface area contributed by atoms with E-state index in [4.69, 9.17) is 5.73 Å². The largest absolute Gasteiger partial charge is 0.481 e. The number of amides is 3. The van der Waals surface area contributed by atoms with Crippen LogP contribution >= 0.6 is 0 Å². The first-order valence-corrected chi connectivity index (χ1v) is 12.1. The maximum Gasteiger partial charge on any atom is 0.326 e. The van der Waals surface area contributed by atoms with Gasteiger partial charge in [-0.25, -0.2) is 9.78 Å². The number of nitrogens with two attached hydrogens (primary N) is 1. The minimum atomic E-state index is -1.58. The van der Waals surface area contributed by atoms with Crippen LogP contribution in [0.15, 0.2) is 42.9 Å². The number of rotatable bonds is 15. The number of aromatic nitrogens is 2. The molecule has 2 aromatic rings. The lowest BCUT2D eigenvalue weighted by molar-refractivity contribution is -0.143. The fraction of sp³-hybridized carbons (Fsp3) is 0.440. The van der Waals surface area contributed by atoms with Crippen molar-refractivity contribution < 1.29 is 34.2 Å². The van der Waals surface area contributed by atoms with Gasteiger partial charge in [-0.2, -0.15) is 0 Å². The van der Waals surface area contributed by atoms with Gasteiger partial charge in [-0.3, -0.25) is 19.2 Å². The van der Waals surface area contributed by atoms with Gasteiger partial charge in [0.1, 0.15) is 18.1 Å². The predicted molar refractivity (Wildman–Crippen MR) is 136 cm³/mol. The second kappa shape index (κ2) is 14.5. The summed E-state index contributed by atoms with van der Waals surface area (Å²) in [5.74, 6) is -5.48. The minimum absolute atomic E-state index is 0.0462. The van der Waals surface area contributed by atoms with Crippen LogP contribution in [-0.4, -0.2) is 74.0 Å². The summed E-state index contributed by atoms with van der Waals surface area (Å²) in [4.78, 5) is 68.7. The maximum absolute atomic E-state index is 13.2. The van der Waals surface area contributed by atoms with Crippen LogP contribution in [0.1, 0.15) is 37.9 Å². The molecular formula is C25H34N6O7. The molecule has 8 N–H and O–H groups in total. The Bertz CT molecular complexity index is 1090. The number of carbonyl (C=O) groups excluding carboxylic acids is 3. The normalized spacial score (nSPS) is 14.8. The van der Waals surface area contributed by atoms with E-state index in [-0.39, 0.29) is 12.8 Å². The topological polar surface area (TPSA) is 217 Å². The van der Waals surface area contributed by atoms with E-state index in [1.807, 2.05) is 0 Å². The van der Waals surface area contributed by atoms with Crippen LogP contribution in [-0.2, 0) is 36.8 Å². The van der Waals surface area contributed by atoms with E-state index in [0.29, 0.717) is 17.7 Å². The highest BCUT2D eigenvalue weighted by Crippen LogP contribution is 2.11. The molecule has 0 spiro atoms. The van der Waals surface area contributed by atoms with Crippen molar-refractivity contribution in [3.63, 3.8) is 0 Å². The Morgan fingerprint density at radius 3 is 2.16 bits per heavy atom. The molecule has 0 aliphatic heterocycles. The quantitative estimate of drug-likeness (QED) is 0.159. The summed E-state index contributed by atoms with van der Waals surface area (Å²) in [5.41, 5.74) is 7.24. The number of nitrogens with zero attached hydrogens (tertiary/aromatic N) is 1. The second-order valence-electron chi connectivity index (χ2n) is 9.01. The van der Waals surface area contributed by atoms with Crippen molar-refractivity contribution in [1.82, 2.24) is 25.9 Å². The number of imidazole rings is 1. The third-order valence-electron chi connectivity index (χ3n) is 6.03. The van der Waals surface area contributed by atoms with Crippen molar-refractivity contribution in [1.29, 1.82) is 0 Å². The lowest BCUT2D eigenvalue weighted by Crippen LogP contribution is -2.59. The van der Waals surface area contributed by atoms with Gasteiger partial charge >= 0.3 is 11.9 Å². The third kappa shape index (κ3) is 9.32. The number of benzene rings is 1. The first kappa shape index (κ1) is 30.0. The molecule has 0 aliphatic carbocycles. The molecule has 0 radical (unpaired) electrons. The molecule has 1 aromatic carbocycles. The monoisotopic (exact) mass is 530 g/mol. The van der Waals surface area contributed by atoms with Crippen LogP contribution in [0.3, 0.4) is 0 Å². The van der Waals surface area contributed by atoms with Crippen molar-refractivity contribution in [3.8, 4) is 0 Å². The SMILES string of the molecule is CCC(C)C(NC(=O)C(N)Cc1cnc[nH]1)C(=O)NC(CC(=O)O)C(=O)NC(Cc1ccccc1)C(=O)O. The van der Waals surface area contributed by atoms with E-state index in [2.05, 4.69) is 25.9 Å². The first-order valence-electron chi connectivity index (χ1n) is 12.1. The van der Waals surface area contributed by atoms with E-state index in [1.54, 1.807) is 44.2 Å². The van der Waals surface area contributed by atoms with Crippen molar-refractivity contribution >= 4 is 29.7 Å². The summed E-state index contributed by atoms with van der Waals surface area (Å²) in [5, 5.41) is 26.2. The summed E-state index contributed by atoms with van der Waals surface area (Å²) < 4.78 is 0. The Kier molecular flexibility index (Phi) is 11.4. The number of nitrogens with one attached hydrogen (secondary N) is 4. The van der Waals surface area contributed by atoms with Gasteiger partial charge in [0.15, 0.2) is 0 Å². The second-order valence-corrected chi connectivity index (χ2v) is 9.01. The van der Waals surface area contributed by atoms with Gasteiger partial charge in [-0.15, -0.1) is 0 Å². The van der Waals surface area contributed by atoms with Crippen LogP contribution in [0, 0.1) is 5.92 Å². The molecule has 13 nitrogen and oxygen atoms in total. The number of carboxylic acids is 2. The summed E-state index contributed by atoms with van der Waals surface area (Å²) in [6.07, 6.45) is 2.73. The van der Waals surface area contributed by atoms with Crippen LogP contribution < -0.4 is 21.7 Å². The van der Waals surface area contributed by atoms with Crippen LogP contribution in [0.2, 0.25) is 0 Å². The smallest absolute Gasteiger partial charge is 0.326 e. The number of aromatic amines is 1. The van der Waals surface area contributed by atoms with Crippen LogP contribution in [0.25, 0.3) is 0 Å². The Hall–Kier alpha value is -4.26. The molecule has 1 heterocycles. The molecule has 5 unspecified atom stereocenters. The lowest BCUT2D eigenvalue weighted by atomic mass is 9.97. The zero-order valence-corrected chi connectivity index (χ0v) is 21.2. The molecule has 0 fully saturated rings. The van der Waals surface area contributed by atoms with E-state index in [9.17, 15) is 34.2 Å². The Morgan fingerprint density at radius 1 is 0.947 bits per heavy atom. The van der Waals surface area contributed by atoms with E-state index in [0.717, 1.165) is 0 Å². The summed E-state index contributed by atoms with van der Waals surface area (Å²) >= 11 is 0. The number of H-pyrrole nitrogens is 1. The van der Waals surface area contributed by atoms with Crippen molar-refractivity contribution in [2.45, 2.75) is 63.7 Å². The highest BCUT2D eigenvalue weighted by Gasteiger charge is 2.33. The van der Waals surface area contributed by atoms with Crippen LogP contribution in [0.5, 0.6) is 0 Å². The highest BCUT2D eigenvalue weighted by atomic mass is 16.4. The highest BCUT2D eigenvalue weighted by molar-refractivity contribution is 5.95. The Labute approximate surface area is 219 Å². The Balaban J connectivity index is 2.13. The van der Waals surface area contributed by atoms with Crippen molar-refractivity contribution in [3.05, 3.63) is 54.1 Å².